The summed E-state index contributed by atoms with van der Waals surface area (Å²) in [6, 6.07) is 11.1. The maximum absolute atomic E-state index is 13.2. The Balaban J connectivity index is 1.48. The predicted molar refractivity (Wildman–Crippen MR) is 169 cm³/mol. The third-order valence-corrected chi connectivity index (χ3v) is 11.0. The van der Waals surface area contributed by atoms with E-state index in [1.807, 2.05) is 12.1 Å². The number of amides is 1. The van der Waals surface area contributed by atoms with Gasteiger partial charge in [0.1, 0.15) is 5.75 Å². The van der Waals surface area contributed by atoms with Crippen LogP contribution in [0.2, 0.25) is 5.02 Å². The Kier molecular flexibility index (Phi) is 9.56. The van der Waals surface area contributed by atoms with E-state index in [4.69, 9.17) is 16.3 Å². The summed E-state index contributed by atoms with van der Waals surface area (Å²) in [5.41, 5.74) is 3.07. The number of benzene rings is 2. The minimum absolute atomic E-state index is 0.153. The van der Waals surface area contributed by atoms with Gasteiger partial charge in [-0.25, -0.2) is 13.1 Å². The van der Waals surface area contributed by atoms with Gasteiger partial charge in [0.05, 0.1) is 30.8 Å². The summed E-state index contributed by atoms with van der Waals surface area (Å²) in [7, 11) is -4.01. The molecule has 10 heteroatoms. The third kappa shape index (κ3) is 6.80. The summed E-state index contributed by atoms with van der Waals surface area (Å²) in [6.45, 7) is 8.74. The lowest BCUT2D eigenvalue weighted by molar-refractivity contribution is 0.0178. The number of hydrogen-bond donors (Lipinski definition) is 3. The standard InChI is InChI=1S/C33H41ClN2O6S/c1-3-6-30(38)27-11-8-25(27)17-36-20-33(14-5-7-23-15-26(34)10-12-28(23)33)21-42-31-13-9-24(16-29(31)36)32(39)35-43(40,41)19-22(4-2)18-37/h3-4,9-10,12-13,15-16,22,25,27,30,37-38H,1-2,5-8,11,14,17-21H2,(H,35,39)/t22?,25-,27+,30?,33-/m0/s1. The quantitative estimate of drug-likeness (QED) is 0.311. The fraction of sp³-hybridized carbons (Fsp3) is 0.485. The summed E-state index contributed by atoms with van der Waals surface area (Å²) in [5.74, 6) is -0.841. The van der Waals surface area contributed by atoms with Crippen molar-refractivity contribution in [2.75, 3.05) is 37.0 Å². The van der Waals surface area contributed by atoms with Gasteiger partial charge in [-0.1, -0.05) is 29.8 Å². The lowest BCUT2D eigenvalue weighted by Gasteiger charge is -2.45. The fourth-order valence-corrected chi connectivity index (χ4v) is 8.41. The van der Waals surface area contributed by atoms with E-state index in [0.29, 0.717) is 36.9 Å². The number of nitrogens with zero attached hydrogens (tertiary/aromatic N) is 1. The molecule has 232 valence electrons. The minimum Gasteiger partial charge on any atom is -0.490 e. The highest BCUT2D eigenvalue weighted by Gasteiger charge is 2.44. The molecule has 0 saturated heterocycles. The van der Waals surface area contributed by atoms with Crippen molar-refractivity contribution >= 4 is 33.2 Å². The molecule has 1 aliphatic heterocycles. The molecule has 3 aliphatic rings. The third-order valence-electron chi connectivity index (χ3n) is 9.38. The molecule has 5 rings (SSSR count). The van der Waals surface area contributed by atoms with Crippen molar-refractivity contribution < 1.29 is 28.2 Å². The zero-order valence-electron chi connectivity index (χ0n) is 24.4. The number of aliphatic hydroxyl groups excluding tert-OH is 2. The minimum atomic E-state index is -4.01. The van der Waals surface area contributed by atoms with Crippen LogP contribution in [0, 0.1) is 17.8 Å². The summed E-state index contributed by atoms with van der Waals surface area (Å²) >= 11 is 6.37. The normalized spacial score (nSPS) is 24.4. The second-order valence-corrected chi connectivity index (χ2v) is 14.5. The lowest BCUT2D eigenvalue weighted by atomic mass is 9.68. The van der Waals surface area contributed by atoms with Gasteiger partial charge in [0, 0.05) is 35.0 Å². The Morgan fingerprint density at radius 2 is 2.05 bits per heavy atom. The number of anilines is 1. The van der Waals surface area contributed by atoms with E-state index < -0.39 is 33.7 Å². The van der Waals surface area contributed by atoms with Crippen LogP contribution in [0.15, 0.2) is 61.7 Å². The molecule has 0 bridgehead atoms. The Morgan fingerprint density at radius 3 is 2.74 bits per heavy atom. The van der Waals surface area contributed by atoms with Crippen molar-refractivity contribution in [2.24, 2.45) is 17.8 Å². The highest BCUT2D eigenvalue weighted by molar-refractivity contribution is 7.90. The molecule has 1 amide bonds. The van der Waals surface area contributed by atoms with Gasteiger partial charge < -0.3 is 19.8 Å². The molecule has 0 aromatic heterocycles. The van der Waals surface area contributed by atoms with Crippen molar-refractivity contribution in [2.45, 2.75) is 50.0 Å². The van der Waals surface area contributed by atoms with Crippen LogP contribution in [-0.4, -0.2) is 62.7 Å². The second-order valence-electron chi connectivity index (χ2n) is 12.3. The summed E-state index contributed by atoms with van der Waals surface area (Å²) in [5, 5.41) is 20.9. The molecule has 2 aliphatic carbocycles. The molecule has 43 heavy (non-hydrogen) atoms. The van der Waals surface area contributed by atoms with Gasteiger partial charge in [0.15, 0.2) is 0 Å². The van der Waals surface area contributed by atoms with E-state index in [9.17, 15) is 23.4 Å². The van der Waals surface area contributed by atoms with Crippen LogP contribution < -0.4 is 14.4 Å². The Bertz CT molecular complexity index is 1480. The number of carbonyl (C=O) groups excluding carboxylic acids is 1. The fourth-order valence-electron chi connectivity index (χ4n) is 6.93. The molecular formula is C33H41ClN2O6S. The first-order chi connectivity index (χ1) is 20.6. The molecule has 0 radical (unpaired) electrons. The predicted octanol–water partition coefficient (Wildman–Crippen LogP) is 4.63. The van der Waals surface area contributed by atoms with Gasteiger partial charge in [0.2, 0.25) is 10.0 Å². The van der Waals surface area contributed by atoms with Crippen LogP contribution in [0.4, 0.5) is 5.69 Å². The van der Waals surface area contributed by atoms with Gasteiger partial charge in [-0.05, 0) is 91.8 Å². The number of ether oxygens (including phenoxy) is 1. The molecule has 1 fully saturated rings. The first-order valence-electron chi connectivity index (χ1n) is 15.0. The average molecular weight is 629 g/mol. The molecule has 1 spiro atoms. The van der Waals surface area contributed by atoms with E-state index in [1.54, 1.807) is 24.3 Å². The van der Waals surface area contributed by atoms with Gasteiger partial charge >= 0.3 is 0 Å². The van der Waals surface area contributed by atoms with E-state index in [2.05, 4.69) is 28.8 Å². The second kappa shape index (κ2) is 13.0. The lowest BCUT2D eigenvalue weighted by Crippen LogP contribution is -2.49. The average Bonchev–Trinajstić information content (AvgIpc) is 3.10. The molecule has 2 aromatic rings. The van der Waals surface area contributed by atoms with Gasteiger partial charge in [-0.3, -0.25) is 4.79 Å². The van der Waals surface area contributed by atoms with E-state index in [0.717, 1.165) is 37.8 Å². The highest BCUT2D eigenvalue weighted by atomic mass is 35.5. The molecule has 2 unspecified atom stereocenters. The molecular weight excluding hydrogens is 588 g/mol. The van der Waals surface area contributed by atoms with Crippen molar-refractivity contribution in [3.63, 3.8) is 0 Å². The maximum atomic E-state index is 13.2. The number of rotatable bonds is 11. The van der Waals surface area contributed by atoms with Gasteiger partial charge in [0.25, 0.3) is 5.91 Å². The number of hydrogen-bond acceptors (Lipinski definition) is 7. The van der Waals surface area contributed by atoms with Crippen molar-refractivity contribution in [3.8, 4) is 5.75 Å². The number of carbonyl (C=O) groups is 1. The molecule has 5 atom stereocenters. The number of halogens is 1. The van der Waals surface area contributed by atoms with Crippen LogP contribution in [0.3, 0.4) is 0 Å². The van der Waals surface area contributed by atoms with E-state index in [-0.39, 0.29) is 29.4 Å². The molecule has 3 N–H and O–H groups in total. The maximum Gasteiger partial charge on any atom is 0.264 e. The van der Waals surface area contributed by atoms with Crippen LogP contribution in [0.1, 0.15) is 53.6 Å². The molecule has 8 nitrogen and oxygen atoms in total. The first-order valence-corrected chi connectivity index (χ1v) is 17.0. The Labute approximate surface area is 259 Å². The van der Waals surface area contributed by atoms with Crippen molar-refractivity contribution in [3.05, 3.63) is 83.4 Å². The summed E-state index contributed by atoms with van der Waals surface area (Å²) in [6.07, 6.45) is 8.01. The van der Waals surface area contributed by atoms with Crippen LogP contribution >= 0.6 is 11.6 Å². The van der Waals surface area contributed by atoms with Crippen LogP contribution in [-0.2, 0) is 21.9 Å². The largest absolute Gasteiger partial charge is 0.490 e. The number of fused-ring (bicyclic) bond motifs is 3. The monoisotopic (exact) mass is 628 g/mol. The number of aryl methyl sites for hydroxylation is 1. The first kappa shape index (κ1) is 31.6. The van der Waals surface area contributed by atoms with Crippen molar-refractivity contribution in [1.82, 2.24) is 4.72 Å². The molecule has 1 saturated carbocycles. The zero-order valence-corrected chi connectivity index (χ0v) is 26.0. The van der Waals surface area contributed by atoms with Crippen molar-refractivity contribution in [1.29, 1.82) is 0 Å². The number of sulfonamides is 1. The Hall–Kier alpha value is -2.85. The zero-order chi connectivity index (χ0) is 30.8. The van der Waals surface area contributed by atoms with E-state index in [1.165, 1.54) is 17.2 Å². The summed E-state index contributed by atoms with van der Waals surface area (Å²) < 4.78 is 34.0. The SMILES string of the molecule is C=CCC(O)[C@@H]1CC[C@H]1CN1C[C@@]2(CCCc3cc(Cl)ccc32)COc2ccc(C(=O)NS(=O)(=O)CC(C=C)CO)cc21. The topological polar surface area (TPSA) is 116 Å². The van der Waals surface area contributed by atoms with Crippen LogP contribution in [0.25, 0.3) is 0 Å². The molecule has 2 aromatic carbocycles. The Morgan fingerprint density at radius 1 is 1.23 bits per heavy atom. The van der Waals surface area contributed by atoms with Gasteiger partial charge in [-0.15, -0.1) is 13.2 Å². The highest BCUT2D eigenvalue weighted by Crippen LogP contribution is 2.46. The smallest absolute Gasteiger partial charge is 0.264 e. The summed E-state index contributed by atoms with van der Waals surface area (Å²) in [4.78, 5) is 15.5. The number of aliphatic hydroxyl groups is 2. The van der Waals surface area contributed by atoms with Gasteiger partial charge in [-0.2, -0.15) is 0 Å². The van der Waals surface area contributed by atoms with E-state index >= 15 is 0 Å². The van der Waals surface area contributed by atoms with Crippen LogP contribution in [0.5, 0.6) is 5.75 Å². The molecule has 1 heterocycles. The number of nitrogens with one attached hydrogen (secondary N) is 1.